The fourth-order valence-electron chi connectivity index (χ4n) is 1.66. The Morgan fingerprint density at radius 1 is 1.33 bits per heavy atom. The zero-order chi connectivity index (χ0) is 15.2. The zero-order valence-electron chi connectivity index (χ0n) is 11.2. The molecule has 0 aliphatic heterocycles. The first-order chi connectivity index (χ1) is 10.1. The van der Waals surface area contributed by atoms with Crippen LogP contribution in [0.3, 0.4) is 0 Å². The van der Waals surface area contributed by atoms with Gasteiger partial charge in [-0.2, -0.15) is 5.10 Å². The number of carbonyl (C=O) groups excluding carboxylic acids is 1. The third-order valence-electron chi connectivity index (χ3n) is 2.67. The van der Waals surface area contributed by atoms with Crippen molar-refractivity contribution in [1.29, 1.82) is 0 Å². The molecular formula is C15H13BrN2O3. The Morgan fingerprint density at radius 3 is 2.86 bits per heavy atom. The number of nitrogens with zero attached hydrogens (tertiary/aromatic N) is 1. The largest absolute Gasteiger partial charge is 0.508 e. The molecule has 0 heterocycles. The Bertz CT molecular complexity index is 686. The molecule has 2 rings (SSSR count). The molecule has 0 bridgehead atoms. The fourth-order valence-corrected chi connectivity index (χ4v) is 2.06. The topological polar surface area (TPSA) is 70.9 Å². The van der Waals surface area contributed by atoms with Crippen LogP contribution >= 0.6 is 15.9 Å². The average molecular weight is 349 g/mol. The SMILES string of the molecule is COc1cc(O)ccc1C=NNC(=O)c1cccc(Br)c1. The number of hydrogen-bond acceptors (Lipinski definition) is 4. The second kappa shape index (κ2) is 6.90. The van der Waals surface area contributed by atoms with E-state index in [9.17, 15) is 9.90 Å². The van der Waals surface area contributed by atoms with Gasteiger partial charge in [-0.15, -0.1) is 0 Å². The molecule has 21 heavy (non-hydrogen) atoms. The Morgan fingerprint density at radius 2 is 2.14 bits per heavy atom. The lowest BCUT2D eigenvalue weighted by Crippen LogP contribution is -2.17. The van der Waals surface area contributed by atoms with Gasteiger partial charge in [-0.1, -0.05) is 22.0 Å². The summed E-state index contributed by atoms with van der Waals surface area (Å²) in [7, 11) is 1.49. The number of aromatic hydroxyl groups is 1. The van der Waals surface area contributed by atoms with Gasteiger partial charge in [-0.3, -0.25) is 4.79 Å². The number of nitrogens with one attached hydrogen (secondary N) is 1. The van der Waals surface area contributed by atoms with Crippen LogP contribution in [-0.2, 0) is 0 Å². The maximum absolute atomic E-state index is 11.9. The number of amides is 1. The normalized spacial score (nSPS) is 10.6. The standard InChI is InChI=1S/C15H13BrN2O3/c1-21-14-8-13(19)6-5-11(14)9-17-18-15(20)10-3-2-4-12(16)7-10/h2-9,19H,1H3,(H,18,20). The molecule has 0 fully saturated rings. The molecule has 0 unspecified atom stereocenters. The molecule has 0 radical (unpaired) electrons. The van der Waals surface area contributed by atoms with Crippen LogP contribution in [-0.4, -0.2) is 24.3 Å². The second-order valence-electron chi connectivity index (χ2n) is 4.14. The Kier molecular flexibility index (Phi) is 4.94. The van der Waals surface area contributed by atoms with E-state index in [0.29, 0.717) is 16.9 Å². The summed E-state index contributed by atoms with van der Waals surface area (Å²) in [5.74, 6) is 0.253. The monoisotopic (exact) mass is 348 g/mol. The van der Waals surface area contributed by atoms with Gasteiger partial charge in [-0.25, -0.2) is 5.43 Å². The highest BCUT2D eigenvalue weighted by Crippen LogP contribution is 2.22. The molecule has 6 heteroatoms. The molecule has 2 aromatic carbocycles. The van der Waals surface area contributed by atoms with Crippen molar-refractivity contribution in [3.8, 4) is 11.5 Å². The smallest absolute Gasteiger partial charge is 0.271 e. The average Bonchev–Trinajstić information content (AvgIpc) is 2.48. The number of rotatable bonds is 4. The van der Waals surface area contributed by atoms with Crippen molar-refractivity contribution in [3.63, 3.8) is 0 Å². The third-order valence-corrected chi connectivity index (χ3v) is 3.17. The summed E-state index contributed by atoms with van der Waals surface area (Å²) in [6.45, 7) is 0. The van der Waals surface area contributed by atoms with E-state index >= 15 is 0 Å². The van der Waals surface area contributed by atoms with E-state index in [1.54, 1.807) is 24.3 Å². The molecule has 0 aliphatic rings. The lowest BCUT2D eigenvalue weighted by atomic mass is 10.2. The number of carbonyl (C=O) groups is 1. The summed E-state index contributed by atoms with van der Waals surface area (Å²) in [5, 5.41) is 13.2. The molecule has 5 nitrogen and oxygen atoms in total. The van der Waals surface area contributed by atoms with Crippen LogP contribution < -0.4 is 10.2 Å². The first kappa shape index (κ1) is 15.1. The minimum absolute atomic E-state index is 0.0992. The van der Waals surface area contributed by atoms with Gasteiger partial charge in [0.2, 0.25) is 0 Å². The van der Waals surface area contributed by atoms with Crippen molar-refractivity contribution in [1.82, 2.24) is 5.43 Å². The van der Waals surface area contributed by atoms with E-state index in [0.717, 1.165) is 4.47 Å². The zero-order valence-corrected chi connectivity index (χ0v) is 12.8. The minimum atomic E-state index is -0.315. The highest BCUT2D eigenvalue weighted by atomic mass is 79.9. The van der Waals surface area contributed by atoms with Gasteiger partial charge < -0.3 is 9.84 Å². The Labute approximate surface area is 130 Å². The Hall–Kier alpha value is -2.34. The number of halogens is 1. The maximum atomic E-state index is 11.9. The molecule has 0 aromatic heterocycles. The highest BCUT2D eigenvalue weighted by Gasteiger charge is 2.05. The molecule has 0 atom stereocenters. The van der Waals surface area contributed by atoms with Gasteiger partial charge >= 0.3 is 0 Å². The van der Waals surface area contributed by atoms with Gasteiger partial charge in [0.05, 0.1) is 13.3 Å². The van der Waals surface area contributed by atoms with E-state index in [1.165, 1.54) is 25.5 Å². The maximum Gasteiger partial charge on any atom is 0.271 e. The van der Waals surface area contributed by atoms with Crippen LogP contribution in [0.5, 0.6) is 11.5 Å². The van der Waals surface area contributed by atoms with E-state index in [1.807, 2.05) is 6.07 Å². The number of benzene rings is 2. The predicted octanol–water partition coefficient (Wildman–Crippen LogP) is 2.93. The van der Waals surface area contributed by atoms with E-state index in [2.05, 4.69) is 26.5 Å². The summed E-state index contributed by atoms with van der Waals surface area (Å²) < 4.78 is 5.93. The number of hydrazone groups is 1. The van der Waals surface area contributed by atoms with Gasteiger partial charge in [0, 0.05) is 21.7 Å². The lowest BCUT2D eigenvalue weighted by molar-refractivity contribution is 0.0955. The summed E-state index contributed by atoms with van der Waals surface area (Å²) in [4.78, 5) is 11.9. The summed E-state index contributed by atoms with van der Waals surface area (Å²) in [6.07, 6.45) is 1.45. The lowest BCUT2D eigenvalue weighted by Gasteiger charge is -2.04. The minimum Gasteiger partial charge on any atom is -0.508 e. The van der Waals surface area contributed by atoms with Gasteiger partial charge in [0.15, 0.2) is 0 Å². The van der Waals surface area contributed by atoms with Crippen LogP contribution in [0.2, 0.25) is 0 Å². The van der Waals surface area contributed by atoms with Crippen LogP contribution in [0.4, 0.5) is 0 Å². The van der Waals surface area contributed by atoms with Crippen LogP contribution in [0.15, 0.2) is 52.0 Å². The van der Waals surface area contributed by atoms with Crippen molar-refractivity contribution < 1.29 is 14.6 Å². The number of hydrogen-bond donors (Lipinski definition) is 2. The molecule has 0 saturated heterocycles. The van der Waals surface area contributed by atoms with Crippen LogP contribution in [0.25, 0.3) is 0 Å². The van der Waals surface area contributed by atoms with Crippen LogP contribution in [0, 0.1) is 0 Å². The molecule has 2 N–H and O–H groups in total. The second-order valence-corrected chi connectivity index (χ2v) is 5.05. The van der Waals surface area contributed by atoms with Crippen molar-refractivity contribution in [3.05, 3.63) is 58.1 Å². The third kappa shape index (κ3) is 4.06. The number of methoxy groups -OCH3 is 1. The molecule has 0 spiro atoms. The molecular weight excluding hydrogens is 336 g/mol. The highest BCUT2D eigenvalue weighted by molar-refractivity contribution is 9.10. The number of ether oxygens (including phenoxy) is 1. The fraction of sp³-hybridized carbons (Fsp3) is 0.0667. The quantitative estimate of drug-likeness (QED) is 0.659. The van der Waals surface area contributed by atoms with Crippen molar-refractivity contribution in [2.24, 2.45) is 5.10 Å². The first-order valence-corrected chi connectivity index (χ1v) is 6.85. The van der Waals surface area contributed by atoms with E-state index < -0.39 is 0 Å². The molecule has 108 valence electrons. The van der Waals surface area contributed by atoms with Gasteiger partial charge in [0.25, 0.3) is 5.91 Å². The molecule has 1 amide bonds. The summed E-state index contributed by atoms with van der Waals surface area (Å²) >= 11 is 3.30. The molecule has 0 aliphatic carbocycles. The Balaban J connectivity index is 2.07. The van der Waals surface area contributed by atoms with E-state index in [4.69, 9.17) is 4.74 Å². The van der Waals surface area contributed by atoms with Crippen molar-refractivity contribution >= 4 is 28.1 Å². The van der Waals surface area contributed by atoms with Gasteiger partial charge in [0.1, 0.15) is 11.5 Å². The first-order valence-electron chi connectivity index (χ1n) is 6.06. The summed E-state index contributed by atoms with van der Waals surface area (Å²) in [5.41, 5.74) is 3.57. The number of phenolic OH excluding ortho intramolecular Hbond substituents is 1. The van der Waals surface area contributed by atoms with E-state index in [-0.39, 0.29) is 11.7 Å². The molecule has 0 saturated carbocycles. The van der Waals surface area contributed by atoms with Gasteiger partial charge in [-0.05, 0) is 30.3 Å². The number of phenols is 1. The van der Waals surface area contributed by atoms with Crippen LogP contribution in [0.1, 0.15) is 15.9 Å². The summed E-state index contributed by atoms with van der Waals surface area (Å²) in [6, 6.07) is 11.6. The molecule has 2 aromatic rings. The van der Waals surface area contributed by atoms with Crippen molar-refractivity contribution in [2.75, 3.05) is 7.11 Å². The van der Waals surface area contributed by atoms with Crippen molar-refractivity contribution in [2.45, 2.75) is 0 Å². The predicted molar refractivity (Wildman–Crippen MR) is 83.9 cm³/mol.